The zero-order valence-corrected chi connectivity index (χ0v) is 17.8. The van der Waals surface area contributed by atoms with Gasteiger partial charge in [-0.2, -0.15) is 13.2 Å². The summed E-state index contributed by atoms with van der Waals surface area (Å²) in [6, 6.07) is 12.7. The van der Waals surface area contributed by atoms with Crippen molar-refractivity contribution in [3.05, 3.63) is 71.0 Å². The summed E-state index contributed by atoms with van der Waals surface area (Å²) in [6.45, 7) is 0. The molecule has 0 aromatic heterocycles. The molecule has 0 spiro atoms. The Balaban J connectivity index is 1.56. The first-order chi connectivity index (χ1) is 14.9. The van der Waals surface area contributed by atoms with Gasteiger partial charge in [0.2, 0.25) is 0 Å². The number of benzene rings is 2. The third kappa shape index (κ3) is 5.49. The quantitative estimate of drug-likeness (QED) is 0.459. The Morgan fingerprint density at radius 2 is 1.48 bits per heavy atom. The maximum Gasteiger partial charge on any atom is 0.416 e. The maximum absolute atomic E-state index is 14.7. The minimum Gasteiger partial charge on any atom is -0.306 e. The van der Waals surface area contributed by atoms with Gasteiger partial charge in [-0.25, -0.2) is 4.39 Å². The van der Waals surface area contributed by atoms with E-state index in [1.807, 2.05) is 12.1 Å². The average molecular weight is 434 g/mol. The topological polar surface area (TPSA) is 12.0 Å². The molecule has 1 nitrogen and oxygen atoms in total. The van der Waals surface area contributed by atoms with E-state index in [9.17, 15) is 17.6 Å². The molecule has 3 atom stereocenters. The van der Waals surface area contributed by atoms with Crippen molar-refractivity contribution in [2.24, 2.45) is 5.92 Å². The summed E-state index contributed by atoms with van der Waals surface area (Å²) < 4.78 is 53.6. The van der Waals surface area contributed by atoms with E-state index in [0.717, 1.165) is 37.7 Å². The van der Waals surface area contributed by atoms with Gasteiger partial charge in [0, 0.05) is 17.6 Å². The lowest BCUT2D eigenvalue weighted by Crippen LogP contribution is -2.40. The van der Waals surface area contributed by atoms with E-state index in [4.69, 9.17) is 0 Å². The van der Waals surface area contributed by atoms with Crippen LogP contribution >= 0.6 is 0 Å². The first-order valence-corrected chi connectivity index (χ1v) is 11.6. The van der Waals surface area contributed by atoms with Crippen LogP contribution in [0.5, 0.6) is 0 Å². The van der Waals surface area contributed by atoms with E-state index >= 15 is 0 Å². The number of alkyl halides is 3. The Hall–Kier alpha value is -1.88. The van der Waals surface area contributed by atoms with E-state index in [1.165, 1.54) is 43.9 Å². The van der Waals surface area contributed by atoms with Crippen LogP contribution in [0, 0.1) is 11.7 Å². The van der Waals surface area contributed by atoms with E-state index in [2.05, 4.69) is 5.32 Å². The molecule has 0 heterocycles. The highest BCUT2D eigenvalue weighted by atomic mass is 19.4. The lowest BCUT2D eigenvalue weighted by Gasteiger charge is -2.36. The van der Waals surface area contributed by atoms with Crippen LogP contribution in [0.2, 0.25) is 0 Å². The van der Waals surface area contributed by atoms with E-state index < -0.39 is 11.7 Å². The van der Waals surface area contributed by atoms with Gasteiger partial charge >= 0.3 is 6.18 Å². The monoisotopic (exact) mass is 433 g/mol. The predicted molar refractivity (Wildman–Crippen MR) is 115 cm³/mol. The van der Waals surface area contributed by atoms with E-state index in [0.29, 0.717) is 11.5 Å². The molecule has 2 saturated carbocycles. The van der Waals surface area contributed by atoms with Crippen molar-refractivity contribution in [1.82, 2.24) is 5.32 Å². The van der Waals surface area contributed by atoms with Gasteiger partial charge in [-0.1, -0.05) is 68.9 Å². The number of nitrogens with one attached hydrogen (secondary N) is 1. The standard InChI is InChI=1S/C26H31F4N/c27-23-11-5-3-10-22(23)25(17-18-7-1-2-8-18)31-24-12-6-4-9-21(24)19-13-15-20(16-14-19)26(28,29)30/h3,5,10-11,13-16,18,21,24-25,31H,1-2,4,6-9,12,17H2/t21-,24+,25?/m0/s1. The molecule has 2 aromatic rings. The minimum atomic E-state index is -4.32. The molecular formula is C26H31F4N. The fraction of sp³-hybridized carbons (Fsp3) is 0.538. The van der Waals surface area contributed by atoms with Gasteiger partial charge < -0.3 is 5.32 Å². The molecular weight excluding hydrogens is 402 g/mol. The van der Waals surface area contributed by atoms with Crippen molar-refractivity contribution < 1.29 is 17.6 Å². The molecule has 5 heteroatoms. The summed E-state index contributed by atoms with van der Waals surface area (Å²) in [6.07, 6.45) is 5.52. The molecule has 2 fully saturated rings. The molecule has 1 unspecified atom stereocenters. The fourth-order valence-corrected chi connectivity index (χ4v) is 5.53. The van der Waals surface area contributed by atoms with Crippen molar-refractivity contribution in [1.29, 1.82) is 0 Å². The van der Waals surface area contributed by atoms with E-state index in [-0.39, 0.29) is 23.8 Å². The fourth-order valence-electron chi connectivity index (χ4n) is 5.53. The van der Waals surface area contributed by atoms with Gasteiger partial charge in [0.15, 0.2) is 0 Å². The molecule has 2 aliphatic rings. The van der Waals surface area contributed by atoms with Crippen molar-refractivity contribution in [2.75, 3.05) is 0 Å². The SMILES string of the molecule is Fc1ccccc1C(CC1CCCC1)N[C@@H]1CCCC[C@H]1c1ccc(C(F)(F)F)cc1. The third-order valence-corrected chi connectivity index (χ3v) is 7.17. The highest BCUT2D eigenvalue weighted by molar-refractivity contribution is 5.29. The maximum atomic E-state index is 14.7. The Bertz CT molecular complexity index is 839. The molecule has 168 valence electrons. The van der Waals surface area contributed by atoms with Gasteiger partial charge in [-0.15, -0.1) is 0 Å². The van der Waals surface area contributed by atoms with Crippen LogP contribution in [0.3, 0.4) is 0 Å². The van der Waals surface area contributed by atoms with Crippen LogP contribution in [-0.2, 0) is 6.18 Å². The summed E-state index contributed by atoms with van der Waals surface area (Å²) in [5.74, 6) is 0.569. The summed E-state index contributed by atoms with van der Waals surface area (Å²) in [5.41, 5.74) is 1.05. The highest BCUT2D eigenvalue weighted by Crippen LogP contribution is 2.39. The first-order valence-electron chi connectivity index (χ1n) is 11.6. The summed E-state index contributed by atoms with van der Waals surface area (Å²) in [7, 11) is 0. The molecule has 4 rings (SSSR count). The minimum absolute atomic E-state index is 0.0654. The van der Waals surface area contributed by atoms with Crippen molar-refractivity contribution in [2.45, 2.75) is 82.0 Å². The van der Waals surface area contributed by atoms with Crippen molar-refractivity contribution >= 4 is 0 Å². The van der Waals surface area contributed by atoms with E-state index in [1.54, 1.807) is 18.2 Å². The molecule has 1 N–H and O–H groups in total. The highest BCUT2D eigenvalue weighted by Gasteiger charge is 2.33. The Labute approximate surface area is 182 Å². The number of halogens is 4. The summed E-state index contributed by atoms with van der Waals surface area (Å²) in [4.78, 5) is 0. The molecule has 0 radical (unpaired) electrons. The largest absolute Gasteiger partial charge is 0.416 e. The van der Waals surface area contributed by atoms with Crippen LogP contribution in [0.4, 0.5) is 17.6 Å². The molecule has 0 amide bonds. The molecule has 0 saturated heterocycles. The normalized spacial score (nSPS) is 23.7. The van der Waals surface area contributed by atoms with Gasteiger partial charge in [-0.05, 0) is 54.9 Å². The summed E-state index contributed by atoms with van der Waals surface area (Å²) in [5, 5.41) is 3.77. The van der Waals surface area contributed by atoms with Gasteiger partial charge in [0.05, 0.1) is 5.56 Å². The van der Waals surface area contributed by atoms with Crippen LogP contribution in [-0.4, -0.2) is 6.04 Å². The van der Waals surface area contributed by atoms with Gasteiger partial charge in [0.25, 0.3) is 0 Å². The molecule has 0 aliphatic heterocycles. The van der Waals surface area contributed by atoms with Crippen LogP contribution in [0.15, 0.2) is 48.5 Å². The number of rotatable bonds is 6. The van der Waals surface area contributed by atoms with Crippen LogP contribution in [0.1, 0.15) is 86.4 Å². The predicted octanol–water partition coefficient (Wildman–Crippen LogP) is 7.78. The zero-order chi connectivity index (χ0) is 21.8. The smallest absolute Gasteiger partial charge is 0.306 e. The lowest BCUT2D eigenvalue weighted by atomic mass is 9.78. The molecule has 2 aliphatic carbocycles. The molecule has 2 aromatic carbocycles. The van der Waals surface area contributed by atoms with Gasteiger partial charge in [-0.3, -0.25) is 0 Å². The van der Waals surface area contributed by atoms with Gasteiger partial charge in [0.1, 0.15) is 5.82 Å². The van der Waals surface area contributed by atoms with Crippen molar-refractivity contribution in [3.8, 4) is 0 Å². The zero-order valence-electron chi connectivity index (χ0n) is 17.8. The number of hydrogen-bond donors (Lipinski definition) is 1. The second-order valence-corrected chi connectivity index (χ2v) is 9.24. The molecule has 31 heavy (non-hydrogen) atoms. The Morgan fingerprint density at radius 1 is 0.839 bits per heavy atom. The molecule has 0 bridgehead atoms. The summed E-state index contributed by atoms with van der Waals surface area (Å²) >= 11 is 0. The van der Waals surface area contributed by atoms with Crippen molar-refractivity contribution in [3.63, 3.8) is 0 Å². The second-order valence-electron chi connectivity index (χ2n) is 9.24. The average Bonchev–Trinajstić information content (AvgIpc) is 3.27. The second kappa shape index (κ2) is 9.72. The Kier molecular flexibility index (Phi) is 7.00. The van der Waals surface area contributed by atoms with Crippen LogP contribution < -0.4 is 5.32 Å². The first kappa shape index (κ1) is 22.3. The lowest BCUT2D eigenvalue weighted by molar-refractivity contribution is -0.137. The number of hydrogen-bond acceptors (Lipinski definition) is 1. The van der Waals surface area contributed by atoms with Crippen LogP contribution in [0.25, 0.3) is 0 Å². The Morgan fingerprint density at radius 3 is 2.16 bits per heavy atom. The third-order valence-electron chi connectivity index (χ3n) is 7.17.